The van der Waals surface area contributed by atoms with Gasteiger partial charge in [-0.15, -0.1) is 0 Å². The van der Waals surface area contributed by atoms with Crippen LogP contribution in [0.1, 0.15) is 16.8 Å². The maximum Gasteiger partial charge on any atom is 0.255 e. The molecule has 0 saturated carbocycles. The zero-order chi connectivity index (χ0) is 16.9. The normalized spacial score (nSPS) is 12.9. The van der Waals surface area contributed by atoms with Crippen molar-refractivity contribution < 1.29 is 23.7 Å². The molecule has 0 aliphatic carbocycles. The number of benzene rings is 2. The van der Waals surface area contributed by atoms with Crippen molar-refractivity contribution in [2.24, 2.45) is 0 Å². The van der Waals surface area contributed by atoms with Crippen LogP contribution in [-0.4, -0.2) is 33.3 Å². The first-order valence-corrected chi connectivity index (χ1v) is 7.64. The zero-order valence-corrected chi connectivity index (χ0v) is 13.6. The number of hydrogen-bond acceptors (Lipinski definition) is 5. The highest BCUT2D eigenvalue weighted by molar-refractivity contribution is 6.04. The van der Waals surface area contributed by atoms with Crippen molar-refractivity contribution in [3.63, 3.8) is 0 Å². The molecule has 0 aromatic heterocycles. The van der Waals surface area contributed by atoms with Crippen molar-refractivity contribution in [1.82, 2.24) is 0 Å². The lowest BCUT2D eigenvalue weighted by molar-refractivity contribution is 0.102. The van der Waals surface area contributed by atoms with Gasteiger partial charge in [-0.3, -0.25) is 4.79 Å². The highest BCUT2D eigenvalue weighted by Crippen LogP contribution is 2.32. The van der Waals surface area contributed by atoms with E-state index in [0.29, 0.717) is 47.5 Å². The van der Waals surface area contributed by atoms with Crippen molar-refractivity contribution in [3.05, 3.63) is 42.0 Å². The molecule has 24 heavy (non-hydrogen) atoms. The Balaban J connectivity index is 1.79. The lowest BCUT2D eigenvalue weighted by Crippen LogP contribution is -2.12. The fraction of sp³-hybridized carbons (Fsp3) is 0.278. The van der Waals surface area contributed by atoms with Gasteiger partial charge in [-0.2, -0.15) is 0 Å². The predicted molar refractivity (Wildman–Crippen MR) is 89.5 cm³/mol. The van der Waals surface area contributed by atoms with E-state index in [4.69, 9.17) is 18.9 Å². The molecule has 0 atom stereocenters. The fourth-order valence-electron chi connectivity index (χ4n) is 2.42. The Bertz CT molecular complexity index is 744. The minimum absolute atomic E-state index is 0.238. The van der Waals surface area contributed by atoms with E-state index in [-0.39, 0.29) is 5.91 Å². The van der Waals surface area contributed by atoms with Crippen LogP contribution in [0.4, 0.5) is 5.69 Å². The van der Waals surface area contributed by atoms with E-state index in [0.717, 1.165) is 6.42 Å². The van der Waals surface area contributed by atoms with Gasteiger partial charge in [0.25, 0.3) is 5.91 Å². The van der Waals surface area contributed by atoms with Crippen LogP contribution >= 0.6 is 0 Å². The van der Waals surface area contributed by atoms with Crippen LogP contribution in [0, 0.1) is 0 Å². The summed E-state index contributed by atoms with van der Waals surface area (Å²) >= 11 is 0. The maximum absolute atomic E-state index is 12.5. The van der Waals surface area contributed by atoms with Crippen LogP contribution in [0.5, 0.6) is 23.0 Å². The molecule has 0 unspecified atom stereocenters. The Morgan fingerprint density at radius 2 is 1.71 bits per heavy atom. The summed E-state index contributed by atoms with van der Waals surface area (Å²) in [5, 5.41) is 2.84. The molecule has 1 amide bonds. The third-order valence-corrected chi connectivity index (χ3v) is 3.65. The van der Waals surface area contributed by atoms with Gasteiger partial charge in [-0.1, -0.05) is 0 Å². The molecule has 1 aliphatic rings. The second-order valence-electron chi connectivity index (χ2n) is 5.24. The smallest absolute Gasteiger partial charge is 0.255 e. The van der Waals surface area contributed by atoms with Crippen molar-refractivity contribution in [2.45, 2.75) is 6.42 Å². The van der Waals surface area contributed by atoms with Gasteiger partial charge in [0.05, 0.1) is 27.4 Å². The minimum atomic E-state index is -0.238. The zero-order valence-electron chi connectivity index (χ0n) is 13.6. The van der Waals surface area contributed by atoms with Gasteiger partial charge in [0.2, 0.25) is 0 Å². The molecule has 2 aromatic carbocycles. The van der Waals surface area contributed by atoms with Gasteiger partial charge in [0.1, 0.15) is 0 Å². The molecule has 0 radical (unpaired) electrons. The molecular formula is C18H19NO5. The van der Waals surface area contributed by atoms with Crippen molar-refractivity contribution >= 4 is 11.6 Å². The summed E-state index contributed by atoms with van der Waals surface area (Å²) in [6.07, 6.45) is 0.821. The summed E-state index contributed by atoms with van der Waals surface area (Å²) in [5.41, 5.74) is 1.11. The number of carbonyl (C=O) groups excluding carboxylic acids is 1. The van der Waals surface area contributed by atoms with Crippen LogP contribution < -0.4 is 24.3 Å². The van der Waals surface area contributed by atoms with Crippen LogP contribution in [0.2, 0.25) is 0 Å². The average molecular weight is 329 g/mol. The molecule has 0 spiro atoms. The van der Waals surface area contributed by atoms with Gasteiger partial charge in [0, 0.05) is 23.7 Å². The van der Waals surface area contributed by atoms with E-state index >= 15 is 0 Å². The first-order valence-electron chi connectivity index (χ1n) is 7.64. The molecule has 3 rings (SSSR count). The third-order valence-electron chi connectivity index (χ3n) is 3.65. The Morgan fingerprint density at radius 3 is 2.46 bits per heavy atom. The van der Waals surface area contributed by atoms with Gasteiger partial charge in [-0.25, -0.2) is 0 Å². The second-order valence-corrected chi connectivity index (χ2v) is 5.24. The van der Waals surface area contributed by atoms with Crippen molar-refractivity contribution in [3.8, 4) is 23.0 Å². The number of ether oxygens (including phenoxy) is 4. The number of nitrogens with one attached hydrogen (secondary N) is 1. The lowest BCUT2D eigenvalue weighted by Gasteiger charge is -2.12. The van der Waals surface area contributed by atoms with Gasteiger partial charge in [0.15, 0.2) is 23.0 Å². The number of rotatable bonds is 4. The van der Waals surface area contributed by atoms with E-state index in [9.17, 15) is 4.79 Å². The summed E-state index contributed by atoms with van der Waals surface area (Å²) in [5.74, 6) is 2.17. The van der Waals surface area contributed by atoms with E-state index in [2.05, 4.69) is 5.32 Å². The predicted octanol–water partition coefficient (Wildman–Crippen LogP) is 3.12. The first kappa shape index (κ1) is 16.0. The third kappa shape index (κ3) is 3.37. The number of hydrogen-bond donors (Lipinski definition) is 1. The Hall–Kier alpha value is -2.89. The van der Waals surface area contributed by atoms with Gasteiger partial charge in [-0.05, 0) is 30.3 Å². The van der Waals surface area contributed by atoms with Crippen molar-refractivity contribution in [1.29, 1.82) is 0 Å². The Kier molecular flexibility index (Phi) is 4.74. The molecule has 6 heteroatoms. The number of amides is 1. The molecule has 6 nitrogen and oxygen atoms in total. The van der Waals surface area contributed by atoms with Crippen LogP contribution in [0.25, 0.3) is 0 Å². The molecule has 0 fully saturated rings. The summed E-state index contributed by atoms with van der Waals surface area (Å²) in [6, 6.07) is 10.4. The highest BCUT2D eigenvalue weighted by atomic mass is 16.5. The number of anilines is 1. The molecule has 126 valence electrons. The molecule has 1 N–H and O–H groups in total. The molecule has 1 aliphatic heterocycles. The quantitative estimate of drug-likeness (QED) is 0.933. The van der Waals surface area contributed by atoms with E-state index in [1.165, 1.54) is 0 Å². The molecule has 0 bridgehead atoms. The van der Waals surface area contributed by atoms with Crippen LogP contribution in [0.3, 0.4) is 0 Å². The molecular weight excluding hydrogens is 310 g/mol. The summed E-state index contributed by atoms with van der Waals surface area (Å²) in [4.78, 5) is 12.5. The Morgan fingerprint density at radius 1 is 0.958 bits per heavy atom. The second kappa shape index (κ2) is 7.12. The Labute approximate surface area is 140 Å². The largest absolute Gasteiger partial charge is 0.493 e. The highest BCUT2D eigenvalue weighted by Gasteiger charge is 2.15. The molecule has 2 aromatic rings. The topological polar surface area (TPSA) is 66.0 Å². The van der Waals surface area contributed by atoms with Crippen LogP contribution in [0.15, 0.2) is 36.4 Å². The lowest BCUT2D eigenvalue weighted by atomic mass is 10.1. The molecule has 0 saturated heterocycles. The maximum atomic E-state index is 12.5. The minimum Gasteiger partial charge on any atom is -0.493 e. The van der Waals surface area contributed by atoms with E-state index < -0.39 is 0 Å². The van der Waals surface area contributed by atoms with E-state index in [1.807, 2.05) is 0 Å². The van der Waals surface area contributed by atoms with Gasteiger partial charge < -0.3 is 24.3 Å². The van der Waals surface area contributed by atoms with E-state index in [1.54, 1.807) is 50.6 Å². The monoisotopic (exact) mass is 329 g/mol. The average Bonchev–Trinajstić information content (AvgIpc) is 2.86. The SMILES string of the molecule is COc1ccc(NC(=O)c2ccc3c(c2)OCCCO3)cc1OC. The first-order chi connectivity index (χ1) is 11.7. The number of fused-ring (bicyclic) bond motifs is 1. The van der Waals surface area contributed by atoms with Crippen LogP contribution in [-0.2, 0) is 0 Å². The van der Waals surface area contributed by atoms with Crippen molar-refractivity contribution in [2.75, 3.05) is 32.8 Å². The molecule has 1 heterocycles. The fourth-order valence-corrected chi connectivity index (χ4v) is 2.42. The number of methoxy groups -OCH3 is 2. The van der Waals surface area contributed by atoms with Gasteiger partial charge >= 0.3 is 0 Å². The summed E-state index contributed by atoms with van der Waals surface area (Å²) in [6.45, 7) is 1.19. The summed E-state index contributed by atoms with van der Waals surface area (Å²) < 4.78 is 21.6. The number of carbonyl (C=O) groups is 1. The standard InChI is InChI=1S/C18H19NO5/c1-21-14-7-5-13(11-16(14)22-2)19-18(20)12-4-6-15-17(10-12)24-9-3-8-23-15/h4-7,10-11H,3,8-9H2,1-2H3,(H,19,20). The summed E-state index contributed by atoms with van der Waals surface area (Å²) in [7, 11) is 3.11.